The summed E-state index contributed by atoms with van der Waals surface area (Å²) in [5.74, 6) is -2.79. The SMILES string of the molecule is CC(OC(=O)[C@H](C)N1C(=O)C2CCCCC2C1=O)C(=O)Nc1ccccc1C#N. The molecule has 2 fully saturated rings. The predicted octanol–water partition coefficient (Wildman–Crippen LogP) is 1.99. The molecule has 3 rings (SSSR count). The lowest BCUT2D eigenvalue weighted by atomic mass is 9.81. The molecule has 3 amide bonds. The quantitative estimate of drug-likeness (QED) is 0.600. The van der Waals surface area contributed by atoms with Crippen molar-refractivity contribution in [3.63, 3.8) is 0 Å². The second-order valence-electron chi connectivity index (χ2n) is 7.45. The largest absolute Gasteiger partial charge is 0.451 e. The Balaban J connectivity index is 1.63. The van der Waals surface area contributed by atoms with Gasteiger partial charge in [0.15, 0.2) is 6.10 Å². The van der Waals surface area contributed by atoms with Crippen LogP contribution in [-0.2, 0) is 23.9 Å². The normalized spacial score (nSPS) is 23.0. The number of hydrogen-bond acceptors (Lipinski definition) is 6. The Hall–Kier alpha value is -3.21. The standard InChI is InChI=1S/C21H23N3O5/c1-12(24-19(26)15-8-4-5-9-16(15)20(24)27)21(28)29-13(2)18(25)23-17-10-6-3-7-14(17)11-22/h3,6-7,10,12-13,15-16H,4-5,8-9H2,1-2H3,(H,23,25)/t12-,13?,15?,16?/m0/s1. The van der Waals surface area contributed by atoms with Gasteiger partial charge in [-0.3, -0.25) is 19.3 Å². The zero-order valence-electron chi connectivity index (χ0n) is 16.4. The van der Waals surface area contributed by atoms with Gasteiger partial charge in [-0.05, 0) is 38.8 Å². The van der Waals surface area contributed by atoms with Gasteiger partial charge in [0.1, 0.15) is 12.1 Å². The molecule has 152 valence electrons. The van der Waals surface area contributed by atoms with Gasteiger partial charge in [-0.2, -0.15) is 5.26 Å². The number of likely N-dealkylation sites (tertiary alicyclic amines) is 1. The summed E-state index contributed by atoms with van der Waals surface area (Å²) in [6, 6.07) is 7.32. The number of hydrogen-bond donors (Lipinski definition) is 1. The van der Waals surface area contributed by atoms with E-state index in [1.165, 1.54) is 13.8 Å². The molecule has 4 atom stereocenters. The van der Waals surface area contributed by atoms with Crippen molar-refractivity contribution in [2.45, 2.75) is 51.7 Å². The lowest BCUT2D eigenvalue weighted by Crippen LogP contribution is -2.46. The van der Waals surface area contributed by atoms with E-state index in [4.69, 9.17) is 10.00 Å². The number of benzene rings is 1. The number of anilines is 1. The van der Waals surface area contributed by atoms with Crippen molar-refractivity contribution >= 4 is 29.4 Å². The highest BCUT2D eigenvalue weighted by molar-refractivity contribution is 6.08. The third-order valence-corrected chi connectivity index (χ3v) is 5.57. The molecule has 1 aliphatic carbocycles. The molecule has 1 aromatic carbocycles. The van der Waals surface area contributed by atoms with Gasteiger partial charge in [-0.15, -0.1) is 0 Å². The summed E-state index contributed by atoms with van der Waals surface area (Å²) < 4.78 is 5.20. The number of para-hydroxylation sites is 1. The zero-order chi connectivity index (χ0) is 21.1. The van der Waals surface area contributed by atoms with Crippen LogP contribution in [0, 0.1) is 23.2 Å². The fraction of sp³-hybridized carbons (Fsp3) is 0.476. The first kappa shape index (κ1) is 20.5. The van der Waals surface area contributed by atoms with E-state index in [1.54, 1.807) is 24.3 Å². The summed E-state index contributed by atoms with van der Waals surface area (Å²) in [7, 11) is 0. The van der Waals surface area contributed by atoms with Crippen LogP contribution in [-0.4, -0.2) is 40.7 Å². The number of fused-ring (bicyclic) bond motifs is 1. The molecule has 1 N–H and O–H groups in total. The topological polar surface area (TPSA) is 117 Å². The van der Waals surface area contributed by atoms with Crippen LogP contribution < -0.4 is 5.32 Å². The molecule has 2 aliphatic rings. The van der Waals surface area contributed by atoms with E-state index in [0.717, 1.165) is 17.7 Å². The van der Waals surface area contributed by atoms with Gasteiger partial charge < -0.3 is 10.1 Å². The van der Waals surface area contributed by atoms with Gasteiger partial charge in [0.2, 0.25) is 11.8 Å². The van der Waals surface area contributed by atoms with Crippen LogP contribution in [0.1, 0.15) is 45.1 Å². The molecule has 3 unspecified atom stereocenters. The van der Waals surface area contributed by atoms with E-state index < -0.39 is 24.0 Å². The van der Waals surface area contributed by atoms with Gasteiger partial charge in [0, 0.05) is 0 Å². The lowest BCUT2D eigenvalue weighted by Gasteiger charge is -2.23. The van der Waals surface area contributed by atoms with Crippen LogP contribution in [0.4, 0.5) is 5.69 Å². The first-order valence-corrected chi connectivity index (χ1v) is 9.72. The average molecular weight is 397 g/mol. The first-order valence-electron chi connectivity index (χ1n) is 9.72. The number of nitrogens with zero attached hydrogens (tertiary/aromatic N) is 2. The van der Waals surface area contributed by atoms with E-state index in [2.05, 4.69) is 5.32 Å². The van der Waals surface area contributed by atoms with E-state index in [1.807, 2.05) is 6.07 Å². The third-order valence-electron chi connectivity index (χ3n) is 5.57. The van der Waals surface area contributed by atoms with Gasteiger partial charge in [-0.25, -0.2) is 4.79 Å². The Labute approximate surface area is 168 Å². The second-order valence-corrected chi connectivity index (χ2v) is 7.45. The molecule has 1 aliphatic heterocycles. The highest BCUT2D eigenvalue weighted by atomic mass is 16.5. The number of carbonyl (C=O) groups excluding carboxylic acids is 4. The fourth-order valence-electron chi connectivity index (χ4n) is 3.93. The number of nitrogens with one attached hydrogen (secondary N) is 1. The zero-order valence-corrected chi connectivity index (χ0v) is 16.4. The van der Waals surface area contributed by atoms with Crippen molar-refractivity contribution in [3.05, 3.63) is 29.8 Å². The van der Waals surface area contributed by atoms with Crippen molar-refractivity contribution in [3.8, 4) is 6.07 Å². The van der Waals surface area contributed by atoms with E-state index in [0.29, 0.717) is 18.5 Å². The van der Waals surface area contributed by atoms with Crippen molar-refractivity contribution in [1.29, 1.82) is 5.26 Å². The Kier molecular flexibility index (Phi) is 5.97. The van der Waals surface area contributed by atoms with Crippen molar-refractivity contribution in [2.75, 3.05) is 5.32 Å². The molecule has 0 bridgehead atoms. The maximum atomic E-state index is 12.6. The summed E-state index contributed by atoms with van der Waals surface area (Å²) in [4.78, 5) is 51.1. The summed E-state index contributed by atoms with van der Waals surface area (Å²) in [6.07, 6.45) is 1.95. The molecular formula is C21H23N3O5. The number of nitriles is 1. The molecule has 1 aromatic rings. The molecule has 1 heterocycles. The van der Waals surface area contributed by atoms with Gasteiger partial charge in [0.25, 0.3) is 5.91 Å². The minimum absolute atomic E-state index is 0.281. The van der Waals surface area contributed by atoms with Crippen LogP contribution in [0.5, 0.6) is 0 Å². The van der Waals surface area contributed by atoms with Gasteiger partial charge in [0.05, 0.1) is 23.1 Å². The Morgan fingerprint density at radius 3 is 2.31 bits per heavy atom. The highest BCUT2D eigenvalue weighted by Gasteiger charge is 2.51. The Morgan fingerprint density at radius 1 is 1.14 bits per heavy atom. The summed E-state index contributed by atoms with van der Waals surface area (Å²) in [5.41, 5.74) is 0.591. The monoisotopic (exact) mass is 397 g/mol. The van der Waals surface area contributed by atoms with Crippen molar-refractivity contribution in [1.82, 2.24) is 4.90 Å². The molecule has 0 radical (unpaired) electrons. The van der Waals surface area contributed by atoms with E-state index in [-0.39, 0.29) is 29.2 Å². The maximum Gasteiger partial charge on any atom is 0.329 e. The summed E-state index contributed by atoms with van der Waals surface area (Å²) in [5, 5.41) is 11.6. The number of rotatable bonds is 5. The first-order chi connectivity index (χ1) is 13.8. The number of ether oxygens (including phenoxy) is 1. The molecule has 1 saturated heterocycles. The van der Waals surface area contributed by atoms with Crippen LogP contribution in [0.3, 0.4) is 0 Å². The maximum absolute atomic E-state index is 12.6. The summed E-state index contributed by atoms with van der Waals surface area (Å²) >= 11 is 0. The summed E-state index contributed by atoms with van der Waals surface area (Å²) in [6.45, 7) is 2.83. The minimum Gasteiger partial charge on any atom is -0.451 e. The Bertz CT molecular complexity index is 867. The smallest absolute Gasteiger partial charge is 0.329 e. The van der Waals surface area contributed by atoms with Crippen LogP contribution >= 0.6 is 0 Å². The van der Waals surface area contributed by atoms with Gasteiger partial charge in [-0.1, -0.05) is 25.0 Å². The minimum atomic E-state index is -1.16. The van der Waals surface area contributed by atoms with E-state index in [9.17, 15) is 19.2 Å². The molecule has 0 spiro atoms. The second kappa shape index (κ2) is 8.43. The highest BCUT2D eigenvalue weighted by Crippen LogP contribution is 2.38. The predicted molar refractivity (Wildman–Crippen MR) is 102 cm³/mol. The van der Waals surface area contributed by atoms with Crippen LogP contribution in [0.2, 0.25) is 0 Å². The van der Waals surface area contributed by atoms with E-state index >= 15 is 0 Å². The number of imide groups is 1. The van der Waals surface area contributed by atoms with Crippen molar-refractivity contribution < 1.29 is 23.9 Å². The van der Waals surface area contributed by atoms with Crippen molar-refractivity contribution in [2.24, 2.45) is 11.8 Å². The van der Waals surface area contributed by atoms with Gasteiger partial charge >= 0.3 is 5.97 Å². The Morgan fingerprint density at radius 2 is 1.72 bits per heavy atom. The number of esters is 1. The number of carbonyl (C=O) groups is 4. The molecule has 8 heteroatoms. The third kappa shape index (κ3) is 3.99. The molecule has 1 saturated carbocycles. The molecule has 8 nitrogen and oxygen atoms in total. The van der Waals surface area contributed by atoms with Crippen LogP contribution in [0.15, 0.2) is 24.3 Å². The molecular weight excluding hydrogens is 374 g/mol. The average Bonchev–Trinajstić information content (AvgIpc) is 2.98. The number of amides is 3. The lowest BCUT2D eigenvalue weighted by molar-refractivity contribution is -0.163. The molecule has 29 heavy (non-hydrogen) atoms. The van der Waals surface area contributed by atoms with Crippen LogP contribution in [0.25, 0.3) is 0 Å². The molecule has 0 aromatic heterocycles. The fourth-order valence-corrected chi connectivity index (χ4v) is 3.93.